The highest BCUT2D eigenvalue weighted by Crippen LogP contribution is 2.49. The van der Waals surface area contributed by atoms with E-state index in [-0.39, 0.29) is 0 Å². The van der Waals surface area contributed by atoms with Crippen LogP contribution in [0.5, 0.6) is 0 Å². The van der Waals surface area contributed by atoms with Crippen LogP contribution in [0, 0.1) is 20.8 Å². The fourth-order valence-corrected chi connectivity index (χ4v) is 6.11. The molecule has 0 spiro atoms. The summed E-state index contributed by atoms with van der Waals surface area (Å²) in [6.45, 7) is 20.4. The van der Waals surface area contributed by atoms with Crippen LogP contribution >= 0.6 is 0 Å². The van der Waals surface area contributed by atoms with Gasteiger partial charge in [0.15, 0.2) is 6.10 Å². The Hall–Kier alpha value is -3.75. The summed E-state index contributed by atoms with van der Waals surface area (Å²) < 4.78 is 8.65. The van der Waals surface area contributed by atoms with Crippen molar-refractivity contribution in [2.75, 3.05) is 24.5 Å². The van der Waals surface area contributed by atoms with E-state index in [1.807, 2.05) is 40.1 Å². The van der Waals surface area contributed by atoms with E-state index in [0.29, 0.717) is 18.1 Å². The van der Waals surface area contributed by atoms with Gasteiger partial charge in [-0.25, -0.2) is 14.8 Å². The van der Waals surface area contributed by atoms with Gasteiger partial charge in [0.2, 0.25) is 5.95 Å². The van der Waals surface area contributed by atoms with Crippen LogP contribution in [0.2, 0.25) is 0 Å². The van der Waals surface area contributed by atoms with E-state index in [0.717, 1.165) is 76.3 Å². The van der Waals surface area contributed by atoms with Crippen molar-refractivity contribution in [1.82, 2.24) is 19.4 Å². The first kappa shape index (κ1) is 29.7. The van der Waals surface area contributed by atoms with Crippen LogP contribution in [0.25, 0.3) is 22.0 Å². The zero-order valence-corrected chi connectivity index (χ0v) is 26.2. The van der Waals surface area contributed by atoms with Gasteiger partial charge in [-0.15, -0.1) is 0 Å². The number of nitrogens with zero attached hydrogens (tertiary/aromatic N) is 5. The molecule has 1 N–H and O–H groups in total. The number of hydrogen-bond donors (Lipinski definition) is 1. The summed E-state index contributed by atoms with van der Waals surface area (Å²) >= 11 is 0. The number of aliphatic carboxylic acids is 1. The molecule has 3 heterocycles. The van der Waals surface area contributed by atoms with Gasteiger partial charge in [0.25, 0.3) is 0 Å². The standard InChI is InChI=1S/C34H43N5O3/c1-9-37(10-2)20-24-18-35-33(36-19-24)39-16-15-38-22(4)17-26-28(25-13-11-21(3)12-14-25)27(23(5)29(39)30(26)38)31(32(40)41)42-34(6,7)8/h11-14,17-19,31H,9-10,15-16,20H2,1-8H3,(H,40,41)/t31-/m0/s1. The Kier molecular flexibility index (Phi) is 8.14. The molecule has 1 atom stereocenters. The Labute approximate surface area is 249 Å². The summed E-state index contributed by atoms with van der Waals surface area (Å²) in [7, 11) is 0. The molecule has 42 heavy (non-hydrogen) atoms. The van der Waals surface area contributed by atoms with E-state index in [9.17, 15) is 9.90 Å². The predicted octanol–water partition coefficient (Wildman–Crippen LogP) is 6.96. The van der Waals surface area contributed by atoms with Gasteiger partial charge in [0.1, 0.15) is 0 Å². The molecule has 0 saturated carbocycles. The molecule has 1 aliphatic rings. The third-order valence-electron chi connectivity index (χ3n) is 8.18. The van der Waals surface area contributed by atoms with Crippen LogP contribution < -0.4 is 4.90 Å². The molecule has 2 aromatic carbocycles. The van der Waals surface area contributed by atoms with Crippen molar-refractivity contribution < 1.29 is 14.6 Å². The van der Waals surface area contributed by atoms with Crippen molar-refractivity contribution in [3.8, 4) is 11.1 Å². The van der Waals surface area contributed by atoms with Crippen molar-refractivity contribution >= 4 is 28.5 Å². The van der Waals surface area contributed by atoms with E-state index in [1.54, 1.807) is 0 Å². The van der Waals surface area contributed by atoms with Gasteiger partial charge in [-0.05, 0) is 77.4 Å². The third-order valence-corrected chi connectivity index (χ3v) is 8.18. The Morgan fingerprint density at radius 2 is 1.69 bits per heavy atom. The lowest BCUT2D eigenvalue weighted by molar-refractivity contribution is -0.160. The first-order chi connectivity index (χ1) is 19.9. The lowest BCUT2D eigenvalue weighted by Crippen LogP contribution is -2.32. The van der Waals surface area contributed by atoms with Gasteiger partial charge in [-0.1, -0.05) is 43.7 Å². The molecule has 1 aliphatic heterocycles. The minimum Gasteiger partial charge on any atom is -0.479 e. The first-order valence-corrected chi connectivity index (χ1v) is 14.9. The highest BCUT2D eigenvalue weighted by Gasteiger charge is 2.36. The maximum atomic E-state index is 12.9. The first-order valence-electron chi connectivity index (χ1n) is 14.9. The number of rotatable bonds is 9. The summed E-state index contributed by atoms with van der Waals surface area (Å²) in [6.07, 6.45) is 2.67. The number of ether oxygens (including phenoxy) is 1. The van der Waals surface area contributed by atoms with Crippen LogP contribution in [-0.2, 0) is 22.6 Å². The van der Waals surface area contributed by atoms with Crippen LogP contribution in [-0.4, -0.2) is 55.7 Å². The summed E-state index contributed by atoms with van der Waals surface area (Å²) in [5, 5.41) is 11.6. The van der Waals surface area contributed by atoms with Crippen molar-refractivity contribution in [1.29, 1.82) is 0 Å². The number of carboxylic acids is 1. The number of aromatic nitrogens is 3. The van der Waals surface area contributed by atoms with Gasteiger partial charge < -0.3 is 19.3 Å². The molecule has 0 bridgehead atoms. The van der Waals surface area contributed by atoms with Crippen LogP contribution in [0.1, 0.15) is 68.7 Å². The molecule has 8 heteroatoms. The number of carboxylic acid groups (broad SMARTS) is 1. The quantitative estimate of drug-likeness (QED) is 0.233. The summed E-state index contributed by atoms with van der Waals surface area (Å²) in [4.78, 5) is 27.1. The lowest BCUT2D eigenvalue weighted by atomic mass is 9.87. The smallest absolute Gasteiger partial charge is 0.337 e. The highest BCUT2D eigenvalue weighted by atomic mass is 16.5. The van der Waals surface area contributed by atoms with Crippen LogP contribution in [0.4, 0.5) is 11.6 Å². The van der Waals surface area contributed by atoms with E-state index in [2.05, 4.69) is 72.4 Å². The molecular weight excluding hydrogens is 526 g/mol. The van der Waals surface area contributed by atoms with Crippen molar-refractivity contribution in [2.45, 2.75) is 80.2 Å². The molecule has 222 valence electrons. The zero-order chi connectivity index (χ0) is 30.3. The van der Waals surface area contributed by atoms with E-state index < -0.39 is 17.7 Å². The normalized spacial score (nSPS) is 14.2. The number of carbonyl (C=O) groups is 1. The number of anilines is 2. The van der Waals surface area contributed by atoms with E-state index in [1.165, 1.54) is 0 Å². The Bertz CT molecular complexity index is 1600. The Morgan fingerprint density at radius 3 is 2.26 bits per heavy atom. The van der Waals surface area contributed by atoms with Gasteiger partial charge in [-0.2, -0.15) is 0 Å². The van der Waals surface area contributed by atoms with Crippen molar-refractivity contribution in [3.05, 3.63) is 70.7 Å². The van der Waals surface area contributed by atoms with Gasteiger partial charge in [-0.3, -0.25) is 4.90 Å². The van der Waals surface area contributed by atoms with Crippen molar-refractivity contribution in [2.24, 2.45) is 0 Å². The third kappa shape index (κ3) is 5.53. The monoisotopic (exact) mass is 569 g/mol. The molecule has 2 aromatic heterocycles. The maximum absolute atomic E-state index is 12.9. The topological polar surface area (TPSA) is 83.7 Å². The lowest BCUT2D eigenvalue weighted by Gasteiger charge is -2.35. The second-order valence-corrected chi connectivity index (χ2v) is 12.3. The van der Waals surface area contributed by atoms with E-state index in [4.69, 9.17) is 14.7 Å². The molecule has 0 fully saturated rings. The van der Waals surface area contributed by atoms with Crippen molar-refractivity contribution in [3.63, 3.8) is 0 Å². The summed E-state index contributed by atoms with van der Waals surface area (Å²) in [5.41, 5.74) is 8.11. The Morgan fingerprint density at radius 1 is 1.05 bits per heavy atom. The average molecular weight is 570 g/mol. The maximum Gasteiger partial charge on any atom is 0.337 e. The molecule has 0 amide bonds. The average Bonchev–Trinajstić information content (AvgIpc) is 3.28. The molecule has 0 aliphatic carbocycles. The molecule has 8 nitrogen and oxygen atoms in total. The number of benzene rings is 2. The Balaban J connectivity index is 1.77. The van der Waals surface area contributed by atoms with Crippen LogP contribution in [0.3, 0.4) is 0 Å². The SMILES string of the molecule is CCN(CC)Cc1cnc(N2CCn3c(C)cc4c(-c5ccc(C)cc5)c([C@H](OC(C)(C)C)C(=O)O)c(C)c2c43)nc1. The fraction of sp³-hybridized carbons (Fsp3) is 0.441. The zero-order valence-electron chi connectivity index (χ0n) is 26.2. The second-order valence-electron chi connectivity index (χ2n) is 12.3. The molecule has 4 aromatic rings. The minimum absolute atomic E-state index is 0.616. The van der Waals surface area contributed by atoms with Gasteiger partial charge in [0.05, 0.1) is 16.8 Å². The highest BCUT2D eigenvalue weighted by molar-refractivity contribution is 6.08. The summed E-state index contributed by atoms with van der Waals surface area (Å²) in [6, 6.07) is 10.5. The van der Waals surface area contributed by atoms with Crippen LogP contribution in [0.15, 0.2) is 42.7 Å². The second kappa shape index (κ2) is 11.5. The largest absolute Gasteiger partial charge is 0.479 e. The molecule has 0 unspecified atom stereocenters. The van der Waals surface area contributed by atoms with E-state index >= 15 is 0 Å². The minimum atomic E-state index is -1.16. The molecular formula is C34H43N5O3. The molecule has 0 radical (unpaired) electrons. The predicted molar refractivity (Wildman–Crippen MR) is 168 cm³/mol. The number of aryl methyl sites for hydroxylation is 2. The fourth-order valence-electron chi connectivity index (χ4n) is 6.11. The van der Waals surface area contributed by atoms with Gasteiger partial charge >= 0.3 is 5.97 Å². The number of hydrogen-bond acceptors (Lipinski definition) is 6. The molecule has 5 rings (SSSR count). The molecule has 0 saturated heterocycles. The van der Waals surface area contributed by atoms with Gasteiger partial charge in [0, 0.05) is 54.2 Å². The summed E-state index contributed by atoms with van der Waals surface area (Å²) in [5.74, 6) is -0.395.